The van der Waals surface area contributed by atoms with Gasteiger partial charge in [0.15, 0.2) is 0 Å². The van der Waals surface area contributed by atoms with Crippen molar-refractivity contribution in [2.24, 2.45) is 0 Å². The Labute approximate surface area is 134 Å². The SMILES string of the molecule is CC(NCc1ccc(CCC(=O)NO)cn1)c1cccc(F)c1. The van der Waals surface area contributed by atoms with Crippen molar-refractivity contribution in [1.29, 1.82) is 0 Å². The van der Waals surface area contributed by atoms with E-state index in [2.05, 4.69) is 10.3 Å². The highest BCUT2D eigenvalue weighted by Gasteiger charge is 2.06. The number of hydrogen-bond donors (Lipinski definition) is 3. The number of halogens is 1. The van der Waals surface area contributed by atoms with Gasteiger partial charge in [-0.1, -0.05) is 18.2 Å². The third kappa shape index (κ3) is 5.43. The summed E-state index contributed by atoms with van der Waals surface area (Å²) in [7, 11) is 0. The van der Waals surface area contributed by atoms with Crippen LogP contribution in [0.4, 0.5) is 4.39 Å². The lowest BCUT2D eigenvalue weighted by Crippen LogP contribution is -2.19. The maximum absolute atomic E-state index is 13.2. The number of aryl methyl sites for hydroxylation is 1. The summed E-state index contributed by atoms with van der Waals surface area (Å²) >= 11 is 0. The molecule has 1 amide bonds. The van der Waals surface area contributed by atoms with Gasteiger partial charge in [-0.3, -0.25) is 15.0 Å². The number of rotatable bonds is 7. The van der Waals surface area contributed by atoms with E-state index in [1.165, 1.54) is 12.1 Å². The molecule has 1 atom stereocenters. The van der Waals surface area contributed by atoms with E-state index in [0.717, 1.165) is 16.8 Å². The van der Waals surface area contributed by atoms with Crippen LogP contribution in [0.3, 0.4) is 0 Å². The minimum Gasteiger partial charge on any atom is -0.305 e. The first-order chi connectivity index (χ1) is 11.1. The molecular formula is C17H20FN3O2. The van der Waals surface area contributed by atoms with E-state index < -0.39 is 5.91 Å². The van der Waals surface area contributed by atoms with Crippen LogP contribution >= 0.6 is 0 Å². The first-order valence-corrected chi connectivity index (χ1v) is 7.44. The molecule has 6 heteroatoms. The third-order valence-electron chi connectivity index (χ3n) is 3.59. The average molecular weight is 317 g/mol. The largest absolute Gasteiger partial charge is 0.305 e. The lowest BCUT2D eigenvalue weighted by Gasteiger charge is -2.14. The zero-order valence-corrected chi connectivity index (χ0v) is 12.9. The number of nitrogens with one attached hydrogen (secondary N) is 2. The molecule has 23 heavy (non-hydrogen) atoms. The molecule has 1 aromatic carbocycles. The lowest BCUT2D eigenvalue weighted by molar-refractivity contribution is -0.129. The van der Waals surface area contributed by atoms with Crippen LogP contribution in [0.25, 0.3) is 0 Å². The lowest BCUT2D eigenvalue weighted by atomic mass is 10.1. The van der Waals surface area contributed by atoms with Crippen LogP contribution in [0.5, 0.6) is 0 Å². The van der Waals surface area contributed by atoms with Crippen LogP contribution in [-0.4, -0.2) is 16.1 Å². The Morgan fingerprint density at radius 1 is 1.35 bits per heavy atom. The number of amides is 1. The van der Waals surface area contributed by atoms with Crippen molar-refractivity contribution in [3.63, 3.8) is 0 Å². The van der Waals surface area contributed by atoms with Gasteiger partial charge in [0.2, 0.25) is 5.91 Å². The van der Waals surface area contributed by atoms with Crippen molar-refractivity contribution in [1.82, 2.24) is 15.8 Å². The van der Waals surface area contributed by atoms with Gasteiger partial charge in [-0.2, -0.15) is 0 Å². The number of nitrogens with zero attached hydrogens (tertiary/aromatic N) is 1. The molecule has 0 fully saturated rings. The highest BCUT2D eigenvalue weighted by Crippen LogP contribution is 2.14. The molecule has 0 radical (unpaired) electrons. The van der Waals surface area contributed by atoms with Crippen molar-refractivity contribution in [2.45, 2.75) is 32.4 Å². The van der Waals surface area contributed by atoms with Gasteiger partial charge in [-0.15, -0.1) is 0 Å². The summed E-state index contributed by atoms with van der Waals surface area (Å²) in [5.74, 6) is -0.662. The number of pyridine rings is 1. The smallest absolute Gasteiger partial charge is 0.243 e. The molecule has 0 bridgehead atoms. The second-order valence-electron chi connectivity index (χ2n) is 5.35. The monoisotopic (exact) mass is 317 g/mol. The standard InChI is InChI=1S/C17H20FN3O2/c1-12(14-3-2-4-15(18)9-14)19-11-16-7-5-13(10-20-16)6-8-17(22)21-23/h2-5,7,9-10,12,19,23H,6,8,11H2,1H3,(H,21,22). The second-order valence-corrected chi connectivity index (χ2v) is 5.35. The van der Waals surface area contributed by atoms with E-state index in [1.54, 1.807) is 17.7 Å². The van der Waals surface area contributed by atoms with Gasteiger partial charge in [-0.25, -0.2) is 9.87 Å². The Hall–Kier alpha value is -2.31. The summed E-state index contributed by atoms with van der Waals surface area (Å²) in [5, 5.41) is 11.7. The molecule has 0 aliphatic rings. The fourth-order valence-electron chi connectivity index (χ4n) is 2.17. The number of aromatic nitrogens is 1. The highest BCUT2D eigenvalue weighted by molar-refractivity contribution is 5.74. The number of hydrogen-bond acceptors (Lipinski definition) is 4. The van der Waals surface area contributed by atoms with Crippen LogP contribution < -0.4 is 10.8 Å². The number of carbonyl (C=O) groups is 1. The zero-order valence-electron chi connectivity index (χ0n) is 12.9. The van der Waals surface area contributed by atoms with E-state index >= 15 is 0 Å². The summed E-state index contributed by atoms with van der Waals surface area (Å²) in [6.45, 7) is 2.53. The molecule has 1 heterocycles. The molecular weight excluding hydrogens is 297 g/mol. The highest BCUT2D eigenvalue weighted by atomic mass is 19.1. The summed E-state index contributed by atoms with van der Waals surface area (Å²) in [6, 6.07) is 10.3. The molecule has 1 aromatic heterocycles. The van der Waals surface area contributed by atoms with Crippen molar-refractivity contribution < 1.29 is 14.4 Å². The minimum absolute atomic E-state index is 0.0143. The first kappa shape index (κ1) is 17.1. The van der Waals surface area contributed by atoms with Crippen molar-refractivity contribution in [3.05, 3.63) is 65.2 Å². The Morgan fingerprint density at radius 2 is 2.17 bits per heavy atom. The van der Waals surface area contributed by atoms with Gasteiger partial charge in [0.25, 0.3) is 0 Å². The normalized spacial score (nSPS) is 12.0. The summed E-state index contributed by atoms with van der Waals surface area (Å²) in [6.07, 6.45) is 2.45. The van der Waals surface area contributed by atoms with Crippen LogP contribution in [-0.2, 0) is 17.8 Å². The van der Waals surface area contributed by atoms with Gasteiger partial charge in [0.05, 0.1) is 5.69 Å². The zero-order chi connectivity index (χ0) is 16.7. The van der Waals surface area contributed by atoms with Crippen LogP contribution in [0.15, 0.2) is 42.6 Å². The average Bonchev–Trinajstić information content (AvgIpc) is 2.58. The molecule has 0 aliphatic carbocycles. The molecule has 0 saturated carbocycles. The van der Waals surface area contributed by atoms with E-state index in [0.29, 0.717) is 13.0 Å². The summed E-state index contributed by atoms with van der Waals surface area (Å²) in [5.41, 5.74) is 4.28. The Bertz CT molecular complexity index is 647. The van der Waals surface area contributed by atoms with Gasteiger partial charge in [-0.05, 0) is 42.7 Å². The van der Waals surface area contributed by atoms with Gasteiger partial charge < -0.3 is 5.32 Å². The Morgan fingerprint density at radius 3 is 2.83 bits per heavy atom. The van der Waals surface area contributed by atoms with Crippen molar-refractivity contribution >= 4 is 5.91 Å². The molecule has 5 nitrogen and oxygen atoms in total. The summed E-state index contributed by atoms with van der Waals surface area (Å²) in [4.78, 5) is 15.3. The van der Waals surface area contributed by atoms with Crippen molar-refractivity contribution in [2.75, 3.05) is 0 Å². The number of benzene rings is 1. The molecule has 1 unspecified atom stereocenters. The maximum atomic E-state index is 13.2. The van der Waals surface area contributed by atoms with Crippen molar-refractivity contribution in [3.8, 4) is 0 Å². The third-order valence-corrected chi connectivity index (χ3v) is 3.59. The quantitative estimate of drug-likeness (QED) is 0.542. The Balaban J connectivity index is 1.85. The molecule has 0 spiro atoms. The second kappa shape index (κ2) is 8.36. The first-order valence-electron chi connectivity index (χ1n) is 7.44. The van der Waals surface area contributed by atoms with E-state index in [-0.39, 0.29) is 18.3 Å². The maximum Gasteiger partial charge on any atom is 0.243 e. The van der Waals surface area contributed by atoms with E-state index in [1.807, 2.05) is 25.1 Å². The molecule has 0 saturated heterocycles. The molecule has 2 rings (SSSR count). The predicted molar refractivity (Wildman–Crippen MR) is 84.1 cm³/mol. The fraction of sp³-hybridized carbons (Fsp3) is 0.294. The molecule has 0 aliphatic heterocycles. The Kier molecular flexibility index (Phi) is 6.19. The van der Waals surface area contributed by atoms with Crippen LogP contribution in [0.1, 0.15) is 36.2 Å². The van der Waals surface area contributed by atoms with Gasteiger partial charge in [0.1, 0.15) is 5.82 Å². The number of carbonyl (C=O) groups excluding carboxylic acids is 1. The number of hydroxylamine groups is 1. The van der Waals surface area contributed by atoms with E-state index in [4.69, 9.17) is 5.21 Å². The van der Waals surface area contributed by atoms with Crippen LogP contribution in [0, 0.1) is 5.82 Å². The van der Waals surface area contributed by atoms with Gasteiger partial charge in [0, 0.05) is 25.2 Å². The molecule has 3 N–H and O–H groups in total. The summed E-state index contributed by atoms with van der Waals surface area (Å²) < 4.78 is 13.2. The van der Waals surface area contributed by atoms with E-state index in [9.17, 15) is 9.18 Å². The van der Waals surface area contributed by atoms with Crippen LogP contribution in [0.2, 0.25) is 0 Å². The molecule has 122 valence electrons. The molecule has 2 aromatic rings. The topological polar surface area (TPSA) is 74.2 Å². The predicted octanol–water partition coefficient (Wildman–Crippen LogP) is 2.51. The fourth-order valence-corrected chi connectivity index (χ4v) is 2.17. The minimum atomic E-state index is -0.417. The van der Waals surface area contributed by atoms with Gasteiger partial charge >= 0.3 is 0 Å².